The topological polar surface area (TPSA) is 27.1 Å². The number of aryl methyl sites for hydroxylation is 1. The maximum Gasteiger partial charge on any atom is 0.184 e. The Balaban J connectivity index is 1.57. The Bertz CT molecular complexity index is 827. The Hall–Kier alpha value is -1.63. The predicted molar refractivity (Wildman–Crippen MR) is 99.7 cm³/mol. The molecule has 0 aliphatic carbocycles. The van der Waals surface area contributed by atoms with Gasteiger partial charge in [0.1, 0.15) is 5.75 Å². The molecule has 2 aromatic carbocycles. The summed E-state index contributed by atoms with van der Waals surface area (Å²) in [6.07, 6.45) is 0. The first-order valence-corrected chi connectivity index (χ1v) is 9.42. The van der Waals surface area contributed by atoms with Crippen LogP contribution in [0.5, 0.6) is 5.75 Å². The summed E-state index contributed by atoms with van der Waals surface area (Å²) in [6.45, 7) is 2.70. The van der Waals surface area contributed by atoms with Gasteiger partial charge in [0.05, 0.1) is 12.3 Å². The Kier molecular flexibility index (Phi) is 5.48. The quantitative estimate of drug-likeness (QED) is 0.345. The highest BCUT2D eigenvalue weighted by atomic mass is 32.2. The van der Waals surface area contributed by atoms with Gasteiger partial charge in [0.15, 0.2) is 8.29 Å². The molecular formula is C17H16N2OS3. The zero-order valence-electron chi connectivity index (χ0n) is 12.6. The molecule has 0 N–H and O–H groups in total. The van der Waals surface area contributed by atoms with Crippen molar-refractivity contribution in [3.05, 3.63) is 64.1 Å². The van der Waals surface area contributed by atoms with Crippen molar-refractivity contribution in [2.45, 2.75) is 11.3 Å². The van der Waals surface area contributed by atoms with E-state index >= 15 is 0 Å². The number of rotatable bonds is 6. The maximum atomic E-state index is 5.80. The van der Waals surface area contributed by atoms with E-state index in [1.807, 2.05) is 53.2 Å². The highest BCUT2D eigenvalue weighted by Gasteiger charge is 2.06. The molecule has 0 saturated carbocycles. The number of hydrogen-bond acceptors (Lipinski definition) is 5. The number of hydrogen-bond donors (Lipinski definition) is 0. The molecule has 1 aromatic heterocycles. The lowest BCUT2D eigenvalue weighted by atomic mass is 10.2. The summed E-state index contributed by atoms with van der Waals surface area (Å²) < 4.78 is 9.34. The largest absolute Gasteiger partial charge is 0.492 e. The zero-order chi connectivity index (χ0) is 16.1. The fourth-order valence-electron chi connectivity index (χ4n) is 2.05. The minimum atomic E-state index is 0.646. The van der Waals surface area contributed by atoms with E-state index in [-0.39, 0.29) is 0 Å². The van der Waals surface area contributed by atoms with Crippen LogP contribution in [0.1, 0.15) is 5.56 Å². The van der Waals surface area contributed by atoms with Crippen LogP contribution in [-0.4, -0.2) is 22.1 Å². The van der Waals surface area contributed by atoms with Gasteiger partial charge in [0.2, 0.25) is 0 Å². The Labute approximate surface area is 148 Å². The van der Waals surface area contributed by atoms with E-state index in [1.54, 1.807) is 11.8 Å². The summed E-state index contributed by atoms with van der Waals surface area (Å²) in [5.41, 5.74) is 2.15. The van der Waals surface area contributed by atoms with Crippen molar-refractivity contribution >= 4 is 35.3 Å². The standard InChI is InChI=1S/C17H16N2OS3/c1-13-7-5-6-10-15(13)20-11-12-22-16-18-19(17(21)23-16)14-8-3-2-4-9-14/h2-10H,11-12H2,1H3. The number of ether oxygens (including phenoxy) is 1. The first-order valence-electron chi connectivity index (χ1n) is 7.21. The van der Waals surface area contributed by atoms with Crippen molar-refractivity contribution in [2.24, 2.45) is 0 Å². The van der Waals surface area contributed by atoms with Crippen LogP contribution in [0, 0.1) is 10.9 Å². The van der Waals surface area contributed by atoms with Gasteiger partial charge in [-0.15, -0.1) is 5.10 Å². The fraction of sp³-hybridized carbons (Fsp3) is 0.176. The monoisotopic (exact) mass is 360 g/mol. The summed E-state index contributed by atoms with van der Waals surface area (Å²) >= 11 is 8.60. The van der Waals surface area contributed by atoms with Crippen LogP contribution >= 0.6 is 35.3 Å². The second-order valence-electron chi connectivity index (χ2n) is 4.84. The summed E-state index contributed by atoms with van der Waals surface area (Å²) in [7, 11) is 0. The summed E-state index contributed by atoms with van der Waals surface area (Å²) in [5, 5.41) is 4.58. The van der Waals surface area contributed by atoms with Crippen molar-refractivity contribution in [1.82, 2.24) is 9.78 Å². The molecule has 23 heavy (non-hydrogen) atoms. The molecule has 0 radical (unpaired) electrons. The molecule has 3 rings (SSSR count). The highest BCUT2D eigenvalue weighted by Crippen LogP contribution is 2.24. The summed E-state index contributed by atoms with van der Waals surface area (Å²) in [5.74, 6) is 1.78. The molecule has 0 aliphatic heterocycles. The molecule has 118 valence electrons. The average Bonchev–Trinajstić information content (AvgIpc) is 2.95. The van der Waals surface area contributed by atoms with Gasteiger partial charge in [-0.1, -0.05) is 59.5 Å². The third kappa shape index (κ3) is 4.22. The van der Waals surface area contributed by atoms with Gasteiger partial charge < -0.3 is 4.74 Å². The third-order valence-corrected chi connectivity index (χ3v) is 5.52. The molecule has 0 amide bonds. The summed E-state index contributed by atoms with van der Waals surface area (Å²) in [4.78, 5) is 0. The minimum absolute atomic E-state index is 0.646. The molecular weight excluding hydrogens is 344 g/mol. The first kappa shape index (κ1) is 16.2. The predicted octanol–water partition coefficient (Wildman–Crippen LogP) is 5.14. The molecule has 0 unspecified atom stereocenters. The van der Waals surface area contributed by atoms with Crippen LogP contribution in [0.4, 0.5) is 0 Å². The lowest BCUT2D eigenvalue weighted by Gasteiger charge is -2.07. The number of thioether (sulfide) groups is 1. The number of aromatic nitrogens is 2. The van der Waals surface area contributed by atoms with Gasteiger partial charge in [-0.25, -0.2) is 4.68 Å². The summed E-state index contributed by atoms with van der Waals surface area (Å²) in [6, 6.07) is 18.0. The van der Waals surface area contributed by atoms with Gasteiger partial charge in [-0.3, -0.25) is 0 Å². The molecule has 0 fully saturated rings. The zero-order valence-corrected chi connectivity index (χ0v) is 15.1. The van der Waals surface area contributed by atoms with Gasteiger partial charge in [-0.2, -0.15) is 0 Å². The van der Waals surface area contributed by atoms with Crippen LogP contribution in [0.2, 0.25) is 0 Å². The van der Waals surface area contributed by atoms with E-state index in [2.05, 4.69) is 18.1 Å². The molecule has 0 atom stereocenters. The number of para-hydroxylation sites is 2. The van der Waals surface area contributed by atoms with Gasteiger partial charge >= 0.3 is 0 Å². The van der Waals surface area contributed by atoms with E-state index in [4.69, 9.17) is 17.0 Å². The number of nitrogens with zero attached hydrogens (tertiary/aromatic N) is 2. The highest BCUT2D eigenvalue weighted by molar-refractivity contribution is 8.01. The Morgan fingerprint density at radius 3 is 2.65 bits per heavy atom. The normalized spacial score (nSPS) is 10.7. The lowest BCUT2D eigenvalue weighted by Crippen LogP contribution is -2.01. The molecule has 0 aliphatic rings. The smallest absolute Gasteiger partial charge is 0.184 e. The van der Waals surface area contributed by atoms with E-state index in [0.717, 1.165) is 31.0 Å². The molecule has 6 heteroatoms. The van der Waals surface area contributed by atoms with Crippen LogP contribution in [0.3, 0.4) is 0 Å². The van der Waals surface area contributed by atoms with Gasteiger partial charge in [-0.05, 0) is 42.9 Å². The van der Waals surface area contributed by atoms with Crippen LogP contribution in [0.25, 0.3) is 5.69 Å². The van der Waals surface area contributed by atoms with E-state index in [9.17, 15) is 0 Å². The number of benzene rings is 2. The van der Waals surface area contributed by atoms with E-state index < -0.39 is 0 Å². The first-order chi connectivity index (χ1) is 11.2. The maximum absolute atomic E-state index is 5.80. The van der Waals surface area contributed by atoms with Crippen LogP contribution in [0.15, 0.2) is 58.9 Å². The van der Waals surface area contributed by atoms with E-state index in [0.29, 0.717) is 6.61 Å². The molecule has 0 saturated heterocycles. The van der Waals surface area contributed by atoms with Crippen molar-refractivity contribution in [2.75, 3.05) is 12.4 Å². The van der Waals surface area contributed by atoms with E-state index in [1.165, 1.54) is 11.3 Å². The van der Waals surface area contributed by atoms with Crippen molar-refractivity contribution < 1.29 is 4.74 Å². The fourth-order valence-corrected chi connectivity index (χ4v) is 4.30. The van der Waals surface area contributed by atoms with Crippen LogP contribution in [-0.2, 0) is 0 Å². The second-order valence-corrected chi connectivity index (χ2v) is 7.81. The SMILES string of the molecule is Cc1ccccc1OCCSc1nn(-c2ccccc2)c(=S)s1. The molecule has 1 heterocycles. The molecule has 0 spiro atoms. The van der Waals surface area contributed by atoms with Crippen LogP contribution < -0.4 is 4.74 Å². The second kappa shape index (κ2) is 7.77. The lowest BCUT2D eigenvalue weighted by molar-refractivity contribution is 0.341. The van der Waals surface area contributed by atoms with Gasteiger partial charge in [0, 0.05) is 5.75 Å². The molecule has 3 aromatic rings. The van der Waals surface area contributed by atoms with Gasteiger partial charge in [0.25, 0.3) is 0 Å². The average molecular weight is 361 g/mol. The Morgan fingerprint density at radius 1 is 1.13 bits per heavy atom. The Morgan fingerprint density at radius 2 is 1.87 bits per heavy atom. The van der Waals surface area contributed by atoms with Crippen molar-refractivity contribution in [1.29, 1.82) is 0 Å². The molecule has 0 bridgehead atoms. The van der Waals surface area contributed by atoms with Crippen molar-refractivity contribution in [3.63, 3.8) is 0 Å². The molecule has 3 nitrogen and oxygen atoms in total. The minimum Gasteiger partial charge on any atom is -0.492 e. The van der Waals surface area contributed by atoms with Crippen molar-refractivity contribution in [3.8, 4) is 11.4 Å². The third-order valence-electron chi connectivity index (χ3n) is 3.19.